The van der Waals surface area contributed by atoms with Gasteiger partial charge in [-0.2, -0.15) is 0 Å². The molecule has 2 rings (SSSR count). The molecule has 0 spiro atoms. The summed E-state index contributed by atoms with van der Waals surface area (Å²) in [6.45, 7) is -0.516. The second kappa shape index (κ2) is 6.31. The lowest BCUT2D eigenvalue weighted by molar-refractivity contribution is 0.278. The molecule has 21 heavy (non-hydrogen) atoms. The van der Waals surface area contributed by atoms with Gasteiger partial charge in [-0.1, -0.05) is 17.7 Å². The molecule has 0 unspecified atom stereocenters. The Balaban J connectivity index is 2.45. The quantitative estimate of drug-likeness (QED) is 0.833. The highest BCUT2D eigenvalue weighted by atomic mass is 79.9. The van der Waals surface area contributed by atoms with Crippen molar-refractivity contribution in [1.82, 2.24) is 0 Å². The summed E-state index contributed by atoms with van der Waals surface area (Å²) in [5.41, 5.74) is 0.363. The van der Waals surface area contributed by atoms with Crippen LogP contribution in [0.4, 0.5) is 10.1 Å². The molecule has 112 valence electrons. The number of halogens is 3. The van der Waals surface area contributed by atoms with E-state index in [2.05, 4.69) is 20.7 Å². The average Bonchev–Trinajstić information content (AvgIpc) is 2.42. The zero-order chi connectivity index (χ0) is 15.6. The van der Waals surface area contributed by atoms with Crippen LogP contribution >= 0.6 is 27.5 Å². The van der Waals surface area contributed by atoms with E-state index in [1.54, 1.807) is 0 Å². The molecule has 0 atom stereocenters. The lowest BCUT2D eigenvalue weighted by Gasteiger charge is -2.12. The third-order valence-corrected chi connectivity index (χ3v) is 5.00. The minimum Gasteiger partial charge on any atom is -0.392 e. The predicted octanol–water partition coefficient (Wildman–Crippen LogP) is 3.53. The zero-order valence-electron chi connectivity index (χ0n) is 10.5. The Hall–Kier alpha value is -1.15. The third-order valence-electron chi connectivity index (χ3n) is 2.66. The van der Waals surface area contributed by atoms with Crippen molar-refractivity contribution in [3.8, 4) is 0 Å². The minimum absolute atomic E-state index is 0.106. The van der Waals surface area contributed by atoms with E-state index in [0.717, 1.165) is 12.1 Å². The van der Waals surface area contributed by atoms with E-state index in [1.807, 2.05) is 0 Å². The summed E-state index contributed by atoms with van der Waals surface area (Å²) in [6.07, 6.45) is 0. The highest BCUT2D eigenvalue weighted by Crippen LogP contribution is 2.29. The molecule has 0 saturated carbocycles. The lowest BCUT2D eigenvalue weighted by Crippen LogP contribution is -2.15. The smallest absolute Gasteiger partial charge is 0.262 e. The number of rotatable bonds is 4. The summed E-state index contributed by atoms with van der Waals surface area (Å²) < 4.78 is 40.7. The van der Waals surface area contributed by atoms with Gasteiger partial charge in [0.15, 0.2) is 0 Å². The molecule has 0 heterocycles. The van der Waals surface area contributed by atoms with Crippen LogP contribution in [0.15, 0.2) is 45.8 Å². The van der Waals surface area contributed by atoms with Crippen molar-refractivity contribution >= 4 is 43.2 Å². The maximum absolute atomic E-state index is 13.3. The maximum Gasteiger partial charge on any atom is 0.262 e. The molecule has 0 aliphatic heterocycles. The number of aliphatic hydroxyl groups is 1. The van der Waals surface area contributed by atoms with Crippen molar-refractivity contribution < 1.29 is 17.9 Å². The molecule has 0 saturated heterocycles. The van der Waals surface area contributed by atoms with Crippen LogP contribution in [0.25, 0.3) is 0 Å². The molecule has 2 aromatic carbocycles. The second-order valence-corrected chi connectivity index (χ2v) is 7.08. The Morgan fingerprint density at radius 1 is 1.24 bits per heavy atom. The maximum atomic E-state index is 13.3. The standard InChI is InChI=1S/C13H10BrClFNO3S/c14-11-5-9(15)2-4-12(11)17-21(19,20)13-6-10(16)3-1-8(13)7-18/h1-6,17-18H,7H2. The van der Waals surface area contributed by atoms with Crippen LogP contribution in [0.3, 0.4) is 0 Å². The predicted molar refractivity (Wildman–Crippen MR) is 82.3 cm³/mol. The molecule has 4 nitrogen and oxygen atoms in total. The van der Waals surface area contributed by atoms with Crippen LogP contribution in [0.1, 0.15) is 5.56 Å². The van der Waals surface area contributed by atoms with Gasteiger partial charge in [-0.05, 0) is 51.8 Å². The molecule has 0 fully saturated rings. The number of hydrogen-bond acceptors (Lipinski definition) is 3. The van der Waals surface area contributed by atoms with E-state index < -0.39 is 22.4 Å². The van der Waals surface area contributed by atoms with E-state index in [-0.39, 0.29) is 16.1 Å². The van der Waals surface area contributed by atoms with Gasteiger partial charge in [0.1, 0.15) is 5.82 Å². The highest BCUT2D eigenvalue weighted by molar-refractivity contribution is 9.10. The van der Waals surface area contributed by atoms with Crippen LogP contribution in [0, 0.1) is 5.82 Å². The Morgan fingerprint density at radius 3 is 2.57 bits per heavy atom. The molecule has 0 aromatic heterocycles. The van der Waals surface area contributed by atoms with Gasteiger partial charge < -0.3 is 5.11 Å². The van der Waals surface area contributed by atoms with E-state index in [9.17, 15) is 17.9 Å². The fourth-order valence-electron chi connectivity index (χ4n) is 1.68. The number of aliphatic hydroxyl groups excluding tert-OH is 1. The molecule has 0 amide bonds. The minimum atomic E-state index is -4.04. The van der Waals surface area contributed by atoms with Crippen molar-refractivity contribution in [3.05, 3.63) is 57.3 Å². The van der Waals surface area contributed by atoms with Gasteiger partial charge in [0.2, 0.25) is 0 Å². The molecule has 0 aliphatic rings. The first kappa shape index (κ1) is 16.2. The first-order valence-electron chi connectivity index (χ1n) is 5.70. The number of benzene rings is 2. The Morgan fingerprint density at radius 2 is 1.95 bits per heavy atom. The number of nitrogens with one attached hydrogen (secondary N) is 1. The van der Waals surface area contributed by atoms with Gasteiger partial charge in [-0.3, -0.25) is 4.72 Å². The van der Waals surface area contributed by atoms with Gasteiger partial charge in [-0.15, -0.1) is 0 Å². The van der Waals surface area contributed by atoms with Crippen LogP contribution in [0.2, 0.25) is 5.02 Å². The SMILES string of the molecule is O=S(=O)(Nc1ccc(Cl)cc1Br)c1cc(F)ccc1CO. The van der Waals surface area contributed by atoms with Gasteiger partial charge in [-0.25, -0.2) is 12.8 Å². The Labute approximate surface area is 134 Å². The van der Waals surface area contributed by atoms with Crippen LogP contribution in [-0.4, -0.2) is 13.5 Å². The fraction of sp³-hybridized carbons (Fsp3) is 0.0769. The largest absolute Gasteiger partial charge is 0.392 e. The van der Waals surface area contributed by atoms with Crippen molar-refractivity contribution in [2.75, 3.05) is 4.72 Å². The van der Waals surface area contributed by atoms with Crippen molar-refractivity contribution in [2.24, 2.45) is 0 Å². The van der Waals surface area contributed by atoms with E-state index >= 15 is 0 Å². The molecule has 2 N–H and O–H groups in total. The van der Waals surface area contributed by atoms with Gasteiger partial charge in [0.05, 0.1) is 17.2 Å². The molecule has 0 bridgehead atoms. The summed E-state index contributed by atoms with van der Waals surface area (Å²) >= 11 is 8.97. The summed E-state index contributed by atoms with van der Waals surface area (Å²) in [5.74, 6) is -0.706. The molecular weight excluding hydrogens is 385 g/mol. The molecule has 2 aromatic rings. The van der Waals surface area contributed by atoms with Crippen molar-refractivity contribution in [2.45, 2.75) is 11.5 Å². The molecule has 0 aliphatic carbocycles. The van der Waals surface area contributed by atoms with Crippen molar-refractivity contribution in [1.29, 1.82) is 0 Å². The highest BCUT2D eigenvalue weighted by Gasteiger charge is 2.20. The van der Waals surface area contributed by atoms with Gasteiger partial charge >= 0.3 is 0 Å². The summed E-state index contributed by atoms with van der Waals surface area (Å²) in [5, 5.41) is 9.63. The molecule has 0 radical (unpaired) electrons. The number of sulfonamides is 1. The zero-order valence-corrected chi connectivity index (χ0v) is 13.6. The first-order valence-corrected chi connectivity index (χ1v) is 8.36. The van der Waals surface area contributed by atoms with E-state index in [1.165, 1.54) is 24.3 Å². The van der Waals surface area contributed by atoms with Crippen LogP contribution < -0.4 is 4.72 Å². The summed E-state index contributed by atoms with van der Waals surface area (Å²) in [4.78, 5) is -0.313. The van der Waals surface area contributed by atoms with Crippen LogP contribution in [0.5, 0.6) is 0 Å². The Bertz CT molecular complexity index is 783. The Kier molecular flexibility index (Phi) is 4.88. The molecular formula is C13H10BrClFNO3S. The summed E-state index contributed by atoms with van der Waals surface area (Å²) in [6, 6.07) is 7.68. The normalized spacial score (nSPS) is 11.4. The molecule has 8 heteroatoms. The number of anilines is 1. The lowest BCUT2D eigenvalue weighted by atomic mass is 10.2. The van der Waals surface area contributed by atoms with Crippen LogP contribution in [-0.2, 0) is 16.6 Å². The van der Waals surface area contributed by atoms with Crippen molar-refractivity contribution in [3.63, 3.8) is 0 Å². The average molecular weight is 395 g/mol. The van der Waals surface area contributed by atoms with E-state index in [4.69, 9.17) is 11.6 Å². The second-order valence-electron chi connectivity index (χ2n) is 4.14. The van der Waals surface area contributed by atoms with Gasteiger partial charge in [0, 0.05) is 9.50 Å². The third kappa shape index (κ3) is 3.74. The summed E-state index contributed by atoms with van der Waals surface area (Å²) in [7, 11) is -4.04. The van der Waals surface area contributed by atoms with E-state index in [0.29, 0.717) is 9.50 Å². The van der Waals surface area contributed by atoms with Gasteiger partial charge in [0.25, 0.3) is 10.0 Å². The fourth-order valence-corrected chi connectivity index (χ4v) is 3.92. The monoisotopic (exact) mass is 393 g/mol. The topological polar surface area (TPSA) is 66.4 Å². The first-order chi connectivity index (χ1) is 9.83. The number of hydrogen-bond donors (Lipinski definition) is 2.